The van der Waals surface area contributed by atoms with Crippen LogP contribution < -0.4 is 37.5 Å². The zero-order chi connectivity index (χ0) is 55.3. The number of nitrogens with zero attached hydrogens (tertiary/aromatic N) is 3. The summed E-state index contributed by atoms with van der Waals surface area (Å²) in [6.07, 6.45) is 3.16. The van der Waals surface area contributed by atoms with Crippen LogP contribution in [0.15, 0.2) is 59.4 Å². The van der Waals surface area contributed by atoms with Gasteiger partial charge in [-0.25, -0.2) is 14.2 Å². The number of rotatable bonds is 22. The Hall–Kier alpha value is -8.67. The highest BCUT2D eigenvalue weighted by molar-refractivity contribution is 6.12. The zero-order valence-corrected chi connectivity index (χ0v) is 42.0. The molecule has 8 N–H and O–H groups in total. The molecule has 4 aromatic rings. The molecule has 77 heavy (non-hydrogen) atoms. The smallest absolute Gasteiger partial charge is 0.343 e. The van der Waals surface area contributed by atoms with Gasteiger partial charge in [0, 0.05) is 54.1 Å². The maximum Gasteiger partial charge on any atom is 0.343 e. The number of esters is 1. The molecular formula is C53H56FN9O14. The van der Waals surface area contributed by atoms with E-state index in [1.165, 1.54) is 10.6 Å². The van der Waals surface area contributed by atoms with Gasteiger partial charge in [-0.05, 0) is 67.3 Å². The van der Waals surface area contributed by atoms with Crippen molar-refractivity contribution in [2.45, 2.75) is 109 Å². The van der Waals surface area contributed by atoms with Crippen LogP contribution in [0.3, 0.4) is 0 Å². The number of carbonyl (C=O) groups excluding carboxylic acids is 9. The third kappa shape index (κ3) is 11.8. The van der Waals surface area contributed by atoms with Crippen molar-refractivity contribution in [1.82, 2.24) is 46.4 Å². The molecule has 0 spiro atoms. The van der Waals surface area contributed by atoms with Gasteiger partial charge in [0.1, 0.15) is 24.5 Å². The normalized spacial score (nSPS) is 17.6. The van der Waals surface area contributed by atoms with Crippen LogP contribution in [0, 0.1) is 12.7 Å². The van der Waals surface area contributed by atoms with Crippen LogP contribution in [0.5, 0.6) is 0 Å². The first-order chi connectivity index (χ1) is 36.8. The van der Waals surface area contributed by atoms with Crippen molar-refractivity contribution in [2.75, 3.05) is 26.2 Å². The molecular weight excluding hydrogens is 1010 g/mol. The second kappa shape index (κ2) is 23.1. The van der Waals surface area contributed by atoms with Gasteiger partial charge in [0.15, 0.2) is 5.60 Å². The molecule has 23 nitrogen and oxygen atoms in total. The number of cyclic esters (lactones) is 1. The van der Waals surface area contributed by atoms with E-state index in [1.54, 1.807) is 50.2 Å². The Morgan fingerprint density at radius 2 is 1.51 bits per heavy atom. The fraction of sp³-hybridized carbons (Fsp3) is 0.396. The van der Waals surface area contributed by atoms with Crippen LogP contribution in [-0.4, -0.2) is 122 Å². The molecule has 0 unspecified atom stereocenters. The first-order valence-electron chi connectivity index (χ1n) is 25.1. The number of hydrogen-bond donors (Lipinski definition) is 8. The summed E-state index contributed by atoms with van der Waals surface area (Å²) in [4.78, 5) is 147. The molecule has 0 saturated heterocycles. The topological polar surface area (TPSA) is 331 Å². The average molecular weight is 1060 g/mol. The molecule has 5 heterocycles. The lowest BCUT2D eigenvalue weighted by Crippen LogP contribution is -2.53. The van der Waals surface area contributed by atoms with Gasteiger partial charge in [-0.15, -0.1) is 0 Å². The Kier molecular flexibility index (Phi) is 16.4. The van der Waals surface area contributed by atoms with Crippen LogP contribution in [0.2, 0.25) is 0 Å². The third-order valence-electron chi connectivity index (χ3n) is 14.2. The number of carboxylic acid groups (broad SMARTS) is 1. The number of aliphatic carboxylic acids is 1. The van der Waals surface area contributed by atoms with Gasteiger partial charge >= 0.3 is 11.9 Å². The van der Waals surface area contributed by atoms with Crippen molar-refractivity contribution >= 4 is 70.1 Å². The molecule has 2 aromatic carbocycles. The Morgan fingerprint density at radius 3 is 2.21 bits per heavy atom. The van der Waals surface area contributed by atoms with Crippen LogP contribution >= 0.6 is 0 Å². The van der Waals surface area contributed by atoms with Gasteiger partial charge in [0.25, 0.3) is 17.4 Å². The number of halogens is 1. The van der Waals surface area contributed by atoms with E-state index in [-0.39, 0.29) is 55.6 Å². The highest BCUT2D eigenvalue weighted by Crippen LogP contribution is 2.46. The van der Waals surface area contributed by atoms with Crippen LogP contribution in [0.1, 0.15) is 96.9 Å². The number of aryl methyl sites for hydroxylation is 1. The van der Waals surface area contributed by atoms with E-state index in [4.69, 9.17) is 9.72 Å². The first kappa shape index (κ1) is 54.6. The molecule has 4 atom stereocenters. The fourth-order valence-corrected chi connectivity index (χ4v) is 10.1. The largest absolute Gasteiger partial charge is 0.481 e. The molecule has 0 radical (unpaired) electrons. The van der Waals surface area contributed by atoms with Crippen LogP contribution in [0.25, 0.3) is 22.3 Å². The summed E-state index contributed by atoms with van der Waals surface area (Å²) >= 11 is 0. The molecule has 24 heteroatoms. The number of hydrogen-bond acceptors (Lipinski definition) is 14. The number of benzene rings is 2. The number of nitrogens with one attached hydrogen (secondary N) is 6. The van der Waals surface area contributed by atoms with Gasteiger partial charge in [0.05, 0.1) is 61.1 Å². The van der Waals surface area contributed by atoms with Crippen molar-refractivity contribution in [3.05, 3.63) is 110 Å². The maximum absolute atomic E-state index is 15.5. The Morgan fingerprint density at radius 1 is 0.831 bits per heavy atom. The monoisotopic (exact) mass is 1060 g/mol. The summed E-state index contributed by atoms with van der Waals surface area (Å²) in [5.74, 6) is -8.34. The fourth-order valence-electron chi connectivity index (χ4n) is 10.1. The number of carbonyl (C=O) groups is 10. The van der Waals surface area contributed by atoms with Crippen molar-refractivity contribution < 1.29 is 67.3 Å². The third-order valence-corrected chi connectivity index (χ3v) is 14.2. The lowest BCUT2D eigenvalue weighted by molar-refractivity contribution is -0.172. The minimum Gasteiger partial charge on any atom is -0.481 e. The van der Waals surface area contributed by atoms with Crippen molar-refractivity contribution in [2.24, 2.45) is 0 Å². The summed E-state index contributed by atoms with van der Waals surface area (Å²) in [5.41, 5.74) is 1.41. The lowest BCUT2D eigenvalue weighted by atomic mass is 9.81. The number of fused-ring (bicyclic) bond motifs is 5. The molecule has 0 fully saturated rings. The second-order valence-electron chi connectivity index (χ2n) is 19.2. The second-order valence-corrected chi connectivity index (χ2v) is 19.2. The van der Waals surface area contributed by atoms with Gasteiger partial charge in [-0.2, -0.15) is 0 Å². The first-order valence-corrected chi connectivity index (χ1v) is 25.1. The number of ether oxygens (including phenoxy) is 1. The molecule has 2 aromatic heterocycles. The van der Waals surface area contributed by atoms with Gasteiger partial charge < -0.3 is 51.4 Å². The van der Waals surface area contributed by atoms with Gasteiger partial charge in [-0.3, -0.25) is 52.8 Å². The minimum absolute atomic E-state index is 0.00782. The van der Waals surface area contributed by atoms with Crippen molar-refractivity contribution in [3.8, 4) is 11.4 Å². The number of pyridine rings is 2. The average Bonchev–Trinajstić information content (AvgIpc) is 3.95. The number of imide groups is 1. The van der Waals surface area contributed by atoms with Crippen molar-refractivity contribution in [3.63, 3.8) is 0 Å². The standard InChI is InChI=1S/C53H56FN9O14/c1-3-53(76)32-19-38-48-30(25-63(38)51(74)31(32)26-77-52(53)75)47-34(14-13-29-27(2)33(54)20-35(61-48)46(29)47)58-42(67)24-57-49(72)36(18-28-10-6-4-7-11-28)60-41(66)23-55-40(65)22-56-50(73)37(21-45(70)71)59-39(64)12-8-5-9-17-62-43(68)15-16-44(62)69/h4,6-7,10-11,15-16,19-20,34,36-37,76H,3,5,8-9,12-14,17-18,21-26H2,1-2H3,(H,55,65)(H,56,73)(H,57,72)(H,58,67)(H,59,64)(H,60,66)(H,70,71)/t34-,36-,37+,53-/m0/s1. The summed E-state index contributed by atoms with van der Waals surface area (Å²) in [7, 11) is 0. The lowest BCUT2D eigenvalue weighted by Gasteiger charge is -2.31. The predicted molar refractivity (Wildman–Crippen MR) is 268 cm³/mol. The van der Waals surface area contributed by atoms with E-state index < -0.39 is 120 Å². The number of aliphatic hydroxyl groups is 1. The van der Waals surface area contributed by atoms with E-state index in [0.717, 1.165) is 17.1 Å². The maximum atomic E-state index is 15.5. The molecule has 0 bridgehead atoms. The summed E-state index contributed by atoms with van der Waals surface area (Å²) in [6, 6.07) is 7.94. The van der Waals surface area contributed by atoms with Crippen LogP contribution in [-0.2, 0) is 84.3 Å². The van der Waals surface area contributed by atoms with E-state index >= 15 is 4.39 Å². The van der Waals surface area contributed by atoms with Gasteiger partial charge in [-0.1, -0.05) is 43.7 Å². The van der Waals surface area contributed by atoms with Crippen LogP contribution in [0.4, 0.5) is 4.39 Å². The molecule has 8 rings (SSSR count). The van der Waals surface area contributed by atoms with Crippen molar-refractivity contribution in [1.29, 1.82) is 0 Å². The van der Waals surface area contributed by atoms with E-state index in [0.29, 0.717) is 76.7 Å². The van der Waals surface area contributed by atoms with E-state index in [2.05, 4.69) is 31.9 Å². The Balaban J connectivity index is 0.875. The molecule has 1 aliphatic carbocycles. The SMILES string of the molecule is CC[C@@]1(O)C(=O)OCc2c1cc1n(c2=O)Cc2c-1nc1cc(F)c(C)c3c1c2[C@@H](NC(=O)CNC(=O)[C@H](Cc1ccccc1)NC(=O)CNC(=O)CNC(=O)[C@@H](CC(=O)O)NC(=O)CCCCCN1C(=O)C=CC1=O)CC3. The van der Waals surface area contributed by atoms with E-state index in [1.807, 2.05) is 0 Å². The molecule has 8 amide bonds. The molecule has 0 saturated carbocycles. The molecule has 3 aliphatic heterocycles. The Labute approximate surface area is 438 Å². The summed E-state index contributed by atoms with van der Waals surface area (Å²) in [6.45, 7) is 1.13. The predicted octanol–water partition coefficient (Wildman–Crippen LogP) is 0.152. The molecule has 4 aliphatic rings. The summed E-state index contributed by atoms with van der Waals surface area (Å²) < 4.78 is 22.1. The summed E-state index contributed by atoms with van der Waals surface area (Å²) in [5, 5.41) is 36.4. The number of carboxylic acids is 1. The zero-order valence-electron chi connectivity index (χ0n) is 42.0. The van der Waals surface area contributed by atoms with E-state index in [9.17, 15) is 63.0 Å². The highest BCUT2D eigenvalue weighted by atomic mass is 19.1. The number of aromatic nitrogens is 2. The molecule has 404 valence electrons. The Bertz CT molecular complexity index is 3210. The number of amides is 8. The van der Waals surface area contributed by atoms with Gasteiger partial charge in [0.2, 0.25) is 35.4 Å². The minimum atomic E-state index is -2.08. The quantitative estimate of drug-likeness (QED) is 0.0260. The number of unbranched alkanes of at least 4 members (excludes halogenated alkanes) is 2. The highest BCUT2D eigenvalue weighted by Gasteiger charge is 2.46.